The van der Waals surface area contributed by atoms with Gasteiger partial charge < -0.3 is 4.74 Å². The second kappa shape index (κ2) is 2.81. The van der Waals surface area contributed by atoms with E-state index in [2.05, 4.69) is 17.5 Å². The zero-order valence-electron chi connectivity index (χ0n) is 6.84. The maximum atomic E-state index is 5.51. The van der Waals surface area contributed by atoms with Crippen LogP contribution in [0.2, 0.25) is 0 Å². The third-order valence-corrected chi connectivity index (χ3v) is 2.39. The van der Waals surface area contributed by atoms with Crippen LogP contribution < -0.4 is 5.43 Å². The minimum Gasteiger partial charge on any atom is -0.357 e. The Hall–Kier alpha value is -0.570. The molecule has 0 aromatic carbocycles. The summed E-state index contributed by atoms with van der Waals surface area (Å²) in [6.45, 7) is 2.96. The van der Waals surface area contributed by atoms with Crippen LogP contribution in [0.4, 0.5) is 0 Å². The molecule has 1 saturated heterocycles. The van der Waals surface area contributed by atoms with Crippen molar-refractivity contribution in [1.82, 2.24) is 5.43 Å². The second-order valence-electron chi connectivity index (χ2n) is 3.37. The van der Waals surface area contributed by atoms with Crippen molar-refractivity contribution in [3.05, 3.63) is 0 Å². The zero-order valence-corrected chi connectivity index (χ0v) is 6.84. The molecular weight excluding hydrogens is 140 g/mol. The molecule has 11 heavy (non-hydrogen) atoms. The highest BCUT2D eigenvalue weighted by Crippen LogP contribution is 2.25. The molecule has 0 radical (unpaired) electrons. The number of hydrogen-bond acceptors (Lipinski definition) is 3. The third-order valence-electron chi connectivity index (χ3n) is 2.39. The Labute approximate surface area is 66.8 Å². The summed E-state index contributed by atoms with van der Waals surface area (Å²) in [6.07, 6.45) is 3.80. The number of ether oxygens (including phenoxy) is 1. The molecule has 0 amide bonds. The summed E-state index contributed by atoms with van der Waals surface area (Å²) in [5.41, 5.74) is 4.24. The predicted molar refractivity (Wildman–Crippen MR) is 43.3 cm³/mol. The fourth-order valence-corrected chi connectivity index (χ4v) is 1.79. The molecule has 2 aliphatic heterocycles. The van der Waals surface area contributed by atoms with Crippen LogP contribution in [-0.4, -0.2) is 18.5 Å². The molecule has 2 unspecified atom stereocenters. The Morgan fingerprint density at radius 1 is 1.64 bits per heavy atom. The van der Waals surface area contributed by atoms with Gasteiger partial charge in [-0.15, -0.1) is 0 Å². The first-order valence-corrected chi connectivity index (χ1v) is 4.26. The topological polar surface area (TPSA) is 33.6 Å². The Morgan fingerprint density at radius 2 is 2.55 bits per heavy atom. The molecule has 3 heteroatoms. The third kappa shape index (κ3) is 1.38. The lowest BCUT2D eigenvalue weighted by Gasteiger charge is -2.34. The summed E-state index contributed by atoms with van der Waals surface area (Å²) >= 11 is 0. The molecule has 2 heterocycles. The van der Waals surface area contributed by atoms with Crippen LogP contribution in [0, 0.1) is 5.92 Å². The van der Waals surface area contributed by atoms with E-state index in [9.17, 15) is 0 Å². The van der Waals surface area contributed by atoms with Gasteiger partial charge in [0, 0.05) is 18.2 Å². The molecule has 0 aliphatic carbocycles. The maximum Gasteiger partial charge on any atom is 0.146 e. The average molecular weight is 154 g/mol. The standard InChI is InChI=1S/C8H14N2O/c1-6-5-7-3-2-4-11-8(7)10-9-6/h7-8,10H,2-5H2,1H3. The first kappa shape index (κ1) is 7.10. The van der Waals surface area contributed by atoms with Crippen molar-refractivity contribution < 1.29 is 4.74 Å². The number of rotatable bonds is 0. The number of fused-ring (bicyclic) bond motifs is 1. The van der Waals surface area contributed by atoms with Gasteiger partial charge in [0.05, 0.1) is 0 Å². The summed E-state index contributed by atoms with van der Waals surface area (Å²) in [4.78, 5) is 0. The molecule has 2 atom stereocenters. The van der Waals surface area contributed by atoms with Crippen molar-refractivity contribution in [1.29, 1.82) is 0 Å². The van der Waals surface area contributed by atoms with Crippen LogP contribution in [0.1, 0.15) is 26.2 Å². The molecule has 0 aromatic rings. The van der Waals surface area contributed by atoms with Crippen molar-refractivity contribution in [3.8, 4) is 0 Å². The van der Waals surface area contributed by atoms with E-state index in [-0.39, 0.29) is 6.23 Å². The molecule has 0 saturated carbocycles. The Morgan fingerprint density at radius 3 is 3.45 bits per heavy atom. The fourth-order valence-electron chi connectivity index (χ4n) is 1.79. The van der Waals surface area contributed by atoms with Gasteiger partial charge in [0.2, 0.25) is 0 Å². The highest BCUT2D eigenvalue weighted by Gasteiger charge is 2.28. The SMILES string of the molecule is CC1=NNC2OCCCC2C1. The largest absolute Gasteiger partial charge is 0.357 e. The summed E-state index contributed by atoms with van der Waals surface area (Å²) < 4.78 is 5.51. The van der Waals surface area contributed by atoms with E-state index in [1.807, 2.05) is 0 Å². The van der Waals surface area contributed by atoms with E-state index in [0.717, 1.165) is 13.0 Å². The quantitative estimate of drug-likeness (QED) is 0.567. The minimum absolute atomic E-state index is 0.201. The normalized spacial score (nSPS) is 37.0. The molecule has 0 bridgehead atoms. The van der Waals surface area contributed by atoms with Crippen LogP contribution in [0.3, 0.4) is 0 Å². The lowest BCUT2D eigenvalue weighted by atomic mass is 9.93. The summed E-state index contributed by atoms with van der Waals surface area (Å²) in [6, 6.07) is 0. The molecule has 1 N–H and O–H groups in total. The smallest absolute Gasteiger partial charge is 0.146 e. The molecule has 2 aliphatic rings. The summed E-state index contributed by atoms with van der Waals surface area (Å²) in [7, 11) is 0. The lowest BCUT2D eigenvalue weighted by molar-refractivity contribution is -0.0479. The molecule has 62 valence electrons. The first-order valence-electron chi connectivity index (χ1n) is 4.26. The van der Waals surface area contributed by atoms with E-state index in [1.165, 1.54) is 18.6 Å². The Balaban J connectivity index is 2.04. The van der Waals surface area contributed by atoms with Crippen molar-refractivity contribution in [3.63, 3.8) is 0 Å². The van der Waals surface area contributed by atoms with Crippen LogP contribution in [-0.2, 0) is 4.74 Å². The molecule has 0 aromatic heterocycles. The van der Waals surface area contributed by atoms with Crippen molar-refractivity contribution >= 4 is 5.71 Å². The van der Waals surface area contributed by atoms with Gasteiger partial charge in [-0.2, -0.15) is 5.10 Å². The molecule has 3 nitrogen and oxygen atoms in total. The Kier molecular flexibility index (Phi) is 1.82. The van der Waals surface area contributed by atoms with Crippen LogP contribution in [0.15, 0.2) is 5.10 Å². The fraction of sp³-hybridized carbons (Fsp3) is 0.875. The Bertz CT molecular complexity index is 179. The highest BCUT2D eigenvalue weighted by atomic mass is 16.5. The van der Waals surface area contributed by atoms with Crippen molar-refractivity contribution in [2.45, 2.75) is 32.4 Å². The monoisotopic (exact) mass is 154 g/mol. The molecular formula is C8H14N2O. The average Bonchev–Trinajstić information content (AvgIpc) is 2.04. The number of nitrogens with zero attached hydrogens (tertiary/aromatic N) is 1. The second-order valence-corrected chi connectivity index (χ2v) is 3.37. The van der Waals surface area contributed by atoms with E-state index in [0.29, 0.717) is 5.92 Å². The van der Waals surface area contributed by atoms with Crippen LogP contribution >= 0.6 is 0 Å². The van der Waals surface area contributed by atoms with Crippen LogP contribution in [0.5, 0.6) is 0 Å². The van der Waals surface area contributed by atoms with Gasteiger partial charge in [0.15, 0.2) is 0 Å². The van der Waals surface area contributed by atoms with Gasteiger partial charge in [0.25, 0.3) is 0 Å². The van der Waals surface area contributed by atoms with E-state index in [4.69, 9.17) is 4.74 Å². The molecule has 2 rings (SSSR count). The van der Waals surface area contributed by atoms with E-state index >= 15 is 0 Å². The van der Waals surface area contributed by atoms with Crippen molar-refractivity contribution in [2.75, 3.05) is 6.61 Å². The summed E-state index contributed by atoms with van der Waals surface area (Å²) in [5.74, 6) is 0.668. The van der Waals surface area contributed by atoms with Gasteiger partial charge >= 0.3 is 0 Å². The summed E-state index contributed by atoms with van der Waals surface area (Å²) in [5, 5.41) is 4.16. The van der Waals surface area contributed by atoms with Gasteiger partial charge in [-0.05, 0) is 26.2 Å². The maximum absolute atomic E-state index is 5.51. The highest BCUT2D eigenvalue weighted by molar-refractivity contribution is 5.82. The van der Waals surface area contributed by atoms with Gasteiger partial charge in [0.1, 0.15) is 6.23 Å². The number of hydrazone groups is 1. The predicted octanol–water partition coefficient (Wildman–Crippen LogP) is 1.11. The number of hydrogen-bond donors (Lipinski definition) is 1. The first-order chi connectivity index (χ1) is 5.36. The van der Waals surface area contributed by atoms with Gasteiger partial charge in [-0.25, -0.2) is 0 Å². The van der Waals surface area contributed by atoms with Gasteiger partial charge in [-0.3, -0.25) is 5.43 Å². The zero-order chi connectivity index (χ0) is 7.68. The molecule has 0 spiro atoms. The van der Waals surface area contributed by atoms with E-state index < -0.39 is 0 Å². The van der Waals surface area contributed by atoms with E-state index in [1.54, 1.807) is 0 Å². The molecule has 1 fully saturated rings. The minimum atomic E-state index is 0.201. The van der Waals surface area contributed by atoms with Crippen molar-refractivity contribution in [2.24, 2.45) is 11.0 Å². The van der Waals surface area contributed by atoms with Crippen LogP contribution in [0.25, 0.3) is 0 Å². The lowest BCUT2D eigenvalue weighted by Crippen LogP contribution is -2.43. The van der Waals surface area contributed by atoms with Gasteiger partial charge in [-0.1, -0.05) is 0 Å². The number of nitrogens with one attached hydrogen (secondary N) is 1.